The zero-order valence-electron chi connectivity index (χ0n) is 76.8. The van der Waals surface area contributed by atoms with Gasteiger partial charge in [0.15, 0.2) is 40.5 Å². The number of para-hydroxylation sites is 1. The van der Waals surface area contributed by atoms with Crippen LogP contribution in [0.15, 0.2) is 97.2 Å². The van der Waals surface area contributed by atoms with Crippen LogP contribution in [0.2, 0.25) is 0 Å². The maximum Gasteiger partial charge on any atom is 0.246 e. The number of phenolic OH excluding ortho intramolecular Hbond substituents is 1. The molecule has 0 radical (unpaired) electrons. The van der Waals surface area contributed by atoms with E-state index in [9.17, 15) is 77.6 Å². The van der Waals surface area contributed by atoms with Gasteiger partial charge in [-0.2, -0.15) is 0 Å². The number of H-pyrrole nitrogens is 1. The number of primary amides is 1. The highest BCUT2D eigenvalue weighted by molar-refractivity contribution is 6.06. The van der Waals surface area contributed by atoms with Gasteiger partial charge in [-0.1, -0.05) is 120 Å². The molecule has 712 valence electrons. The first-order chi connectivity index (χ1) is 61.1. The first-order valence-electron chi connectivity index (χ1n) is 44.9. The van der Waals surface area contributed by atoms with Crippen LogP contribution in [0.25, 0.3) is 10.9 Å². The lowest BCUT2D eigenvalue weighted by Crippen LogP contribution is -2.63. The van der Waals surface area contributed by atoms with E-state index >= 15 is 14.4 Å². The van der Waals surface area contributed by atoms with E-state index in [0.717, 1.165) is 5.39 Å². The monoisotopic (exact) mass is 1800 g/mol. The molecule has 1 aromatic heterocycles. The number of aliphatic hydroxyl groups is 2. The number of ketones is 7. The number of phenols is 1. The van der Waals surface area contributed by atoms with Gasteiger partial charge in [-0.3, -0.25) is 92.7 Å². The van der Waals surface area contributed by atoms with Crippen molar-refractivity contribution in [2.45, 2.75) is 295 Å². The summed E-state index contributed by atoms with van der Waals surface area (Å²) in [6, 6.07) is 7.26. The van der Waals surface area contributed by atoms with Crippen molar-refractivity contribution in [3.8, 4) is 5.75 Å². The third-order valence-corrected chi connectivity index (χ3v) is 23.1. The number of Topliss-reactive ketones (excluding diaryl/α,β-unsaturated/α-hetero) is 7. The second-order valence-corrected chi connectivity index (χ2v) is 35.1. The second kappa shape index (κ2) is 55.4. The molecule has 3 aromatic carbocycles. The van der Waals surface area contributed by atoms with Gasteiger partial charge in [0.2, 0.25) is 53.2 Å². The number of carbonyl (C=O) groups is 16. The SMILES string of the molecule is CC(=O)N[C@@H](CC(C)C)C(=O)N[C@H](C(=O)N[C@@H](Cc1ccccc1)C(=O)N[C@]1(C)CCCCCC/C=C/CCC[C@@](C)(C(=O)N[C@@H](CO)C(=O)CN[C@@H](C)C(=O)CCN[C@@H](C)C(=O)CN)NC(=O)[C@H](CCC(C)C)NC(=O)[C@H](CCC(N)=O)NCN[C@@H](C)C(=O)CC(=O)[C@H](Cc2c[nH]c3ccccc23)NC(=O)[C@H](Cc2ccc(O)cc2)NCC(=O)[C@H](C)NCC1=O)[C@@H](C)O. The summed E-state index contributed by atoms with van der Waals surface area (Å²) in [5.41, 5.74) is 9.97. The largest absolute Gasteiger partial charge is 0.508 e. The molecule has 1 aliphatic rings. The number of aromatic amines is 1. The Bertz CT molecular complexity index is 4430. The Morgan fingerprint density at radius 1 is 0.574 bits per heavy atom. The van der Waals surface area contributed by atoms with E-state index in [1.165, 1.54) is 60.6 Å². The first-order valence-corrected chi connectivity index (χ1v) is 44.9. The molecular weight excluding hydrogens is 1660 g/mol. The fraction of sp³-hybridized carbons (Fsp3) is 0.591. The Kier molecular flexibility index (Phi) is 46.7. The molecular formula is C93H141N17O19. The number of aromatic nitrogens is 1. The molecule has 0 saturated heterocycles. The molecule has 0 fully saturated rings. The fourth-order valence-corrected chi connectivity index (χ4v) is 14.7. The van der Waals surface area contributed by atoms with Gasteiger partial charge >= 0.3 is 0 Å². The molecule has 129 heavy (non-hydrogen) atoms. The highest BCUT2D eigenvalue weighted by atomic mass is 16.3. The summed E-state index contributed by atoms with van der Waals surface area (Å²) in [7, 11) is 0. The van der Waals surface area contributed by atoms with Crippen molar-refractivity contribution < 1.29 is 92.0 Å². The summed E-state index contributed by atoms with van der Waals surface area (Å²) in [6.07, 6.45) is 6.28. The molecule has 5 rings (SSSR count). The van der Waals surface area contributed by atoms with Crippen molar-refractivity contribution in [2.75, 3.05) is 46.0 Å². The third-order valence-electron chi connectivity index (χ3n) is 23.1. The van der Waals surface area contributed by atoms with E-state index in [1.54, 1.807) is 61.7 Å². The maximum absolute atomic E-state index is 15.1. The summed E-state index contributed by atoms with van der Waals surface area (Å²) in [6.45, 7) is 16.4. The Hall–Kier alpha value is -10.7. The molecule has 9 amide bonds. The van der Waals surface area contributed by atoms with Crippen LogP contribution in [0.5, 0.6) is 5.75 Å². The third kappa shape index (κ3) is 38.1. The van der Waals surface area contributed by atoms with Crippen molar-refractivity contribution >= 4 is 105 Å². The van der Waals surface area contributed by atoms with Crippen LogP contribution < -0.4 is 85.9 Å². The number of rotatable bonds is 36. The van der Waals surface area contributed by atoms with Gasteiger partial charge in [-0.25, -0.2) is 0 Å². The van der Waals surface area contributed by atoms with Crippen LogP contribution >= 0.6 is 0 Å². The first kappa shape index (κ1) is 109. The van der Waals surface area contributed by atoms with Crippen LogP contribution in [-0.4, -0.2) is 250 Å². The van der Waals surface area contributed by atoms with Crippen molar-refractivity contribution in [3.63, 3.8) is 0 Å². The Labute approximate surface area is 756 Å². The number of nitrogens with two attached hydrogens (primary N) is 2. The van der Waals surface area contributed by atoms with Crippen molar-refractivity contribution in [1.82, 2.24) is 79.4 Å². The van der Waals surface area contributed by atoms with E-state index in [1.807, 2.05) is 58.0 Å². The predicted molar refractivity (Wildman–Crippen MR) is 488 cm³/mol. The van der Waals surface area contributed by atoms with E-state index in [4.69, 9.17) is 11.5 Å². The predicted octanol–water partition coefficient (Wildman–Crippen LogP) is 1.29. The maximum atomic E-state index is 15.1. The number of hydrogen-bond donors (Lipinski definition) is 20. The molecule has 36 nitrogen and oxygen atoms in total. The minimum atomic E-state index is -1.85. The number of benzene rings is 3. The molecule has 0 aliphatic carbocycles. The summed E-state index contributed by atoms with van der Waals surface area (Å²) in [5.74, 6) is -10.9. The second-order valence-electron chi connectivity index (χ2n) is 35.1. The lowest BCUT2D eigenvalue weighted by Gasteiger charge is -2.33. The minimum Gasteiger partial charge on any atom is -0.508 e. The average molecular weight is 1800 g/mol. The van der Waals surface area contributed by atoms with Gasteiger partial charge in [-0.05, 0) is 166 Å². The average Bonchev–Trinajstić information content (AvgIpc) is 1.81. The molecule has 22 N–H and O–H groups in total. The van der Waals surface area contributed by atoms with Crippen LogP contribution in [-0.2, 0) is 96.0 Å². The minimum absolute atomic E-state index is 0.00995. The van der Waals surface area contributed by atoms with Gasteiger partial charge in [0, 0.05) is 62.9 Å². The Morgan fingerprint density at radius 3 is 1.87 bits per heavy atom. The normalized spacial score (nSPS) is 22.7. The number of aromatic hydroxyl groups is 1. The Balaban J connectivity index is 1.54. The molecule has 1 aliphatic heterocycles. The molecule has 2 heterocycles. The van der Waals surface area contributed by atoms with E-state index in [-0.39, 0.29) is 120 Å². The van der Waals surface area contributed by atoms with Gasteiger partial charge in [0.25, 0.3) is 0 Å². The zero-order chi connectivity index (χ0) is 95.7. The van der Waals surface area contributed by atoms with E-state index in [0.29, 0.717) is 67.2 Å². The summed E-state index contributed by atoms with van der Waals surface area (Å²) in [4.78, 5) is 228. The standard InChI is InChI=1S/C93H141N17O19/c1-55(2)31-36-70-88(126)110-93(12,91(129)107-75(53-111)81(120)51-97-57(5)76(115)39-42-96-59(7)79(118)48-94)41-26-19-17-15-13-14-16-18-25-40-92(11,109-89(127)74(45-63-27-21-20-22-28-63)106-90(128)84(61(9)112)108-87(125)73(43-56(3)4)103-62(10)113)82(121)52-98-60(8)80(119)50-100-72(44-64-32-34-66(114)35-33-64)86(124)105-71(46-65-49-99-68-30-24-23-29-67(65)68)78(117)47-77(116)58(6)101-54-102-69(85(123)104-70)37-38-83(95)122/h15,17,20-24,27-30,32-35,49,55-61,69-75,84,96-102,111-112,114H,13-14,16,18-19,25-26,31,36-48,50-54,94H2,1-12H3,(H2,95,122)(H,103,113)(H,104,123)(H,105,124)(H,106,128)(H,107,129)(H,108,125)(H,109,127)(H,110,126)/b17-15+/t57-,58-,59-,60-,61+,69-,70-,71-,72-,73-,74-,75-,84-,92+,93-/m0/s1. The lowest BCUT2D eigenvalue weighted by atomic mass is 9.88. The highest BCUT2D eigenvalue weighted by Gasteiger charge is 2.42. The highest BCUT2D eigenvalue weighted by Crippen LogP contribution is 2.24. The van der Waals surface area contributed by atoms with Crippen LogP contribution in [0, 0.1) is 11.8 Å². The number of nitrogens with one attached hydrogen (secondary N) is 15. The molecule has 15 atom stereocenters. The molecule has 4 aromatic rings. The molecule has 0 unspecified atom stereocenters. The van der Waals surface area contributed by atoms with Crippen LogP contribution in [0.4, 0.5) is 0 Å². The van der Waals surface area contributed by atoms with Crippen molar-refractivity contribution in [2.24, 2.45) is 23.3 Å². The zero-order valence-corrected chi connectivity index (χ0v) is 76.8. The van der Waals surface area contributed by atoms with Gasteiger partial charge in [0.1, 0.15) is 41.5 Å². The molecule has 0 saturated carbocycles. The summed E-state index contributed by atoms with van der Waals surface area (Å²) >= 11 is 0. The lowest BCUT2D eigenvalue weighted by molar-refractivity contribution is -0.137. The summed E-state index contributed by atoms with van der Waals surface area (Å²) < 4.78 is 0. The number of amides is 9. The number of carbonyl (C=O) groups excluding carboxylic acids is 16. The smallest absolute Gasteiger partial charge is 0.246 e. The van der Waals surface area contributed by atoms with Crippen molar-refractivity contribution in [1.29, 1.82) is 0 Å². The summed E-state index contributed by atoms with van der Waals surface area (Å²) in [5, 5.41) is 72.4. The van der Waals surface area contributed by atoms with E-state index in [2.05, 4.69) is 79.4 Å². The molecule has 36 heteroatoms. The molecule has 0 spiro atoms. The Morgan fingerprint density at radius 2 is 1.22 bits per heavy atom. The van der Waals surface area contributed by atoms with Gasteiger partial charge < -0.3 is 90.3 Å². The number of allylic oxidation sites excluding steroid dienone is 2. The van der Waals surface area contributed by atoms with Crippen LogP contribution in [0.1, 0.15) is 203 Å². The molecule has 0 bridgehead atoms. The topological polar surface area (TPSA) is 570 Å². The fourth-order valence-electron chi connectivity index (χ4n) is 14.7. The van der Waals surface area contributed by atoms with Gasteiger partial charge in [-0.15, -0.1) is 0 Å². The number of fused-ring (bicyclic) bond motifs is 1. The number of hydrogen-bond acceptors (Lipinski definition) is 26. The quantitative estimate of drug-likeness (QED) is 0.0225. The van der Waals surface area contributed by atoms with E-state index < -0.39 is 204 Å². The number of aliphatic hydroxyl groups excluding tert-OH is 2. The van der Waals surface area contributed by atoms with Crippen LogP contribution in [0.3, 0.4) is 0 Å². The van der Waals surface area contributed by atoms with Gasteiger partial charge in [0.05, 0.1) is 93.1 Å². The van der Waals surface area contributed by atoms with Crippen molar-refractivity contribution in [3.05, 3.63) is 114 Å².